The molecule has 1 saturated heterocycles. The molecule has 5 fully saturated rings. The molecule has 8 rings (SSSR count). The number of methoxy groups -OCH3 is 1. The number of nitrogens with zero attached hydrogens (tertiary/aromatic N) is 3. The van der Waals surface area contributed by atoms with Crippen LogP contribution in [0.25, 0.3) is 6.08 Å². The first-order valence-electron chi connectivity index (χ1n) is 26.2. The van der Waals surface area contributed by atoms with Gasteiger partial charge in [-0.25, -0.2) is 4.68 Å². The van der Waals surface area contributed by atoms with Gasteiger partial charge in [-0.15, -0.1) is 5.10 Å². The highest BCUT2D eigenvalue weighted by Crippen LogP contribution is 2.75. The lowest BCUT2D eigenvalue weighted by Crippen LogP contribution is -2.66. The Morgan fingerprint density at radius 3 is 2.07 bits per heavy atom. The maximum Gasteiger partial charge on any atom is 0.312 e. The Bertz CT molecular complexity index is 2620. The van der Waals surface area contributed by atoms with Crippen LogP contribution >= 0.6 is 0 Å². The molecule has 0 amide bonds. The van der Waals surface area contributed by atoms with Gasteiger partial charge in [-0.3, -0.25) is 33.6 Å². The van der Waals surface area contributed by atoms with Crippen LogP contribution in [0.3, 0.4) is 0 Å². The molecule has 1 aromatic heterocycles. The van der Waals surface area contributed by atoms with Gasteiger partial charge in [-0.05, 0) is 133 Å². The van der Waals surface area contributed by atoms with Gasteiger partial charge in [-0.1, -0.05) is 70.5 Å². The third-order valence-corrected chi connectivity index (χ3v) is 19.1. The van der Waals surface area contributed by atoms with Crippen molar-refractivity contribution in [1.29, 1.82) is 0 Å². The van der Waals surface area contributed by atoms with Gasteiger partial charge in [0.25, 0.3) is 0 Å². The van der Waals surface area contributed by atoms with E-state index in [4.69, 9.17) is 33.2 Å². The van der Waals surface area contributed by atoms with E-state index in [1.165, 1.54) is 17.8 Å². The smallest absolute Gasteiger partial charge is 0.312 e. The third kappa shape index (κ3) is 9.74. The van der Waals surface area contributed by atoms with E-state index in [-0.39, 0.29) is 74.6 Å². The van der Waals surface area contributed by atoms with Crippen molar-refractivity contribution < 1.29 is 66.7 Å². The zero-order valence-corrected chi connectivity index (χ0v) is 45.2. The van der Waals surface area contributed by atoms with Crippen molar-refractivity contribution in [2.45, 2.75) is 171 Å². The standard InChI is InChI=1S/C57H75N3O14/c1-32(61)69-31-44-46(71-33(2)62)47(72-34(3)63)48(73-35(4)64)50(74-44)60-29-37(58-59-60)30-70-51(67)54(8)24-23-53(7)25-26-56(10)40(41(53)28-54)27-43(66)49-55(9)21-19-39(52(5,6)45(55)20-22-57(49,56)11)42(65)18-15-36-13-16-38(68-12)17-14-36/h13-18,27,29,39,41,44-50H,19-26,28,30-31H2,1-12H3/b18-15+/t39-,41-,44+,45?,46-,47-,48-,49-,50?,53-,54+,55+,56-,57-/m1/s1. The van der Waals surface area contributed by atoms with Crippen molar-refractivity contribution in [2.24, 2.45) is 56.2 Å². The Hall–Kier alpha value is -5.71. The maximum absolute atomic E-state index is 15.2. The Balaban J connectivity index is 0.994. The summed E-state index contributed by atoms with van der Waals surface area (Å²) in [6.07, 6.45) is 7.48. The zero-order valence-electron chi connectivity index (χ0n) is 45.2. The molecule has 17 heteroatoms. The first-order valence-corrected chi connectivity index (χ1v) is 26.2. The average Bonchev–Trinajstić information content (AvgIpc) is 3.80. The largest absolute Gasteiger partial charge is 0.497 e. The van der Waals surface area contributed by atoms with Crippen LogP contribution < -0.4 is 4.74 Å². The minimum absolute atomic E-state index is 0.0365. The fourth-order valence-electron chi connectivity index (χ4n) is 15.1. The molecule has 0 spiro atoms. The molecule has 2 aromatic rings. The molecule has 2 unspecified atom stereocenters. The molecule has 4 saturated carbocycles. The predicted molar refractivity (Wildman–Crippen MR) is 267 cm³/mol. The minimum Gasteiger partial charge on any atom is -0.497 e. The summed E-state index contributed by atoms with van der Waals surface area (Å²) < 4.78 is 40.7. The van der Waals surface area contributed by atoms with Gasteiger partial charge in [0.15, 0.2) is 36.1 Å². The fraction of sp³-hybridized carbons (Fsp3) is 0.667. The van der Waals surface area contributed by atoms with Crippen LogP contribution in [-0.4, -0.2) is 94.5 Å². The lowest BCUT2D eigenvalue weighted by Gasteiger charge is -2.70. The highest BCUT2D eigenvalue weighted by atomic mass is 16.7. The first-order chi connectivity index (χ1) is 34.7. The van der Waals surface area contributed by atoms with Crippen LogP contribution in [0.1, 0.15) is 151 Å². The van der Waals surface area contributed by atoms with Crippen molar-refractivity contribution in [3.8, 4) is 5.75 Å². The number of carbonyl (C=O) groups is 7. The second-order valence-corrected chi connectivity index (χ2v) is 24.0. The third-order valence-electron chi connectivity index (χ3n) is 19.1. The summed E-state index contributed by atoms with van der Waals surface area (Å²) in [4.78, 5) is 92.6. The van der Waals surface area contributed by atoms with E-state index >= 15 is 4.79 Å². The molecule has 74 heavy (non-hydrogen) atoms. The number of benzene rings is 1. The number of ether oxygens (including phenoxy) is 7. The number of rotatable bonds is 13. The van der Waals surface area contributed by atoms with E-state index in [1.54, 1.807) is 13.2 Å². The normalized spacial score (nSPS) is 37.1. The second kappa shape index (κ2) is 20.1. The summed E-state index contributed by atoms with van der Waals surface area (Å²) in [6, 6.07) is 7.66. The van der Waals surface area contributed by atoms with Crippen molar-refractivity contribution >= 4 is 47.5 Å². The first kappa shape index (κ1) is 54.5. The predicted octanol–water partition coefficient (Wildman–Crippen LogP) is 8.46. The average molecular weight is 1030 g/mol. The van der Waals surface area contributed by atoms with Crippen molar-refractivity contribution in [1.82, 2.24) is 15.0 Å². The van der Waals surface area contributed by atoms with Crippen LogP contribution in [0.4, 0.5) is 0 Å². The Morgan fingerprint density at radius 1 is 0.770 bits per heavy atom. The topological polar surface area (TPSA) is 215 Å². The number of ketones is 2. The molecule has 6 aliphatic rings. The Morgan fingerprint density at radius 2 is 1.42 bits per heavy atom. The molecule has 2 heterocycles. The van der Waals surface area contributed by atoms with Crippen LogP contribution in [0.15, 0.2) is 48.2 Å². The summed E-state index contributed by atoms with van der Waals surface area (Å²) in [7, 11) is 1.63. The molecule has 0 N–H and O–H groups in total. The summed E-state index contributed by atoms with van der Waals surface area (Å²) >= 11 is 0. The van der Waals surface area contributed by atoms with Gasteiger partial charge in [0, 0.05) is 39.5 Å². The van der Waals surface area contributed by atoms with Gasteiger partial charge in [0.05, 0.1) is 18.7 Å². The molecular weight excluding hydrogens is 951 g/mol. The van der Waals surface area contributed by atoms with E-state index in [1.807, 2.05) is 43.3 Å². The van der Waals surface area contributed by atoms with Crippen molar-refractivity contribution in [2.75, 3.05) is 13.7 Å². The van der Waals surface area contributed by atoms with Crippen LogP contribution in [0.5, 0.6) is 5.75 Å². The summed E-state index contributed by atoms with van der Waals surface area (Å²) in [5.41, 5.74) is 0.0478. The van der Waals surface area contributed by atoms with Crippen LogP contribution in [-0.2, 0) is 68.6 Å². The van der Waals surface area contributed by atoms with E-state index in [0.717, 1.165) is 76.2 Å². The number of hydrogen-bond donors (Lipinski definition) is 0. The van der Waals surface area contributed by atoms with E-state index in [9.17, 15) is 28.8 Å². The molecular formula is C57H75N3O14. The van der Waals surface area contributed by atoms with Gasteiger partial charge in [0.2, 0.25) is 0 Å². The lowest BCUT2D eigenvalue weighted by molar-refractivity contribution is -0.270. The molecule has 1 aliphatic heterocycles. The Kier molecular flexibility index (Phi) is 14.8. The number of fused-ring (bicyclic) bond motifs is 7. The van der Waals surface area contributed by atoms with Gasteiger partial charge < -0.3 is 33.2 Å². The molecule has 402 valence electrons. The van der Waals surface area contributed by atoms with Gasteiger partial charge >= 0.3 is 29.8 Å². The molecule has 0 bridgehead atoms. The quantitative estimate of drug-likeness (QED) is 0.104. The van der Waals surface area contributed by atoms with Crippen LogP contribution in [0.2, 0.25) is 0 Å². The van der Waals surface area contributed by atoms with Crippen molar-refractivity contribution in [3.63, 3.8) is 0 Å². The monoisotopic (exact) mass is 1030 g/mol. The van der Waals surface area contributed by atoms with Gasteiger partial charge in [-0.2, -0.15) is 0 Å². The number of carbonyl (C=O) groups excluding carboxylic acids is 7. The zero-order chi connectivity index (χ0) is 53.9. The minimum atomic E-state index is -1.41. The number of hydrogen-bond acceptors (Lipinski definition) is 16. The van der Waals surface area contributed by atoms with Gasteiger partial charge in [0.1, 0.15) is 30.8 Å². The fourth-order valence-corrected chi connectivity index (χ4v) is 15.1. The number of allylic oxidation sites excluding steroid dienone is 3. The SMILES string of the molecule is COc1ccc(/C=C/C(=O)[C@H]2CC[C@@]3(C)C(CC[C@]4(C)[C@@H]3C(=O)C=C3[C@H]5C[C@@](C)(C(=O)OCc6cn(C7O[C@@H](COC(C)=O)[C@@H](OC(C)=O)[C@@H](OC(C)=O)[C@H]7OC(C)=O)nn6)CC[C@]5(C)CC[C@]34C)C2(C)C)cc1. The molecule has 1 aromatic carbocycles. The molecule has 14 atom stereocenters. The lowest BCUT2D eigenvalue weighted by atomic mass is 9.33. The Labute approximate surface area is 434 Å². The number of esters is 5. The van der Waals surface area contributed by atoms with E-state index in [2.05, 4.69) is 51.9 Å². The molecule has 5 aliphatic carbocycles. The van der Waals surface area contributed by atoms with Crippen molar-refractivity contribution in [3.05, 3.63) is 59.4 Å². The summed E-state index contributed by atoms with van der Waals surface area (Å²) in [5.74, 6) is -2.52. The summed E-state index contributed by atoms with van der Waals surface area (Å²) in [6.45, 7) is 19.8. The highest BCUT2D eigenvalue weighted by molar-refractivity contribution is 5.97. The summed E-state index contributed by atoms with van der Waals surface area (Å²) in [5, 5.41) is 8.45. The number of aromatic nitrogens is 3. The van der Waals surface area contributed by atoms with Crippen LogP contribution in [0, 0.1) is 56.2 Å². The second-order valence-electron chi connectivity index (χ2n) is 24.0. The van der Waals surface area contributed by atoms with E-state index in [0.29, 0.717) is 19.3 Å². The van der Waals surface area contributed by atoms with E-state index < -0.39 is 72.5 Å². The molecule has 0 radical (unpaired) electrons. The highest BCUT2D eigenvalue weighted by Gasteiger charge is 2.70. The maximum atomic E-state index is 15.2. The molecule has 17 nitrogen and oxygen atoms in total.